The van der Waals surface area contributed by atoms with Crippen LogP contribution in [0.3, 0.4) is 0 Å². The number of carbonyl (C=O) groups is 2. The lowest BCUT2D eigenvalue weighted by Gasteiger charge is -2.15. The number of carbonyl (C=O) groups excluding carboxylic acids is 1. The van der Waals surface area contributed by atoms with Crippen molar-refractivity contribution in [2.45, 2.75) is 25.8 Å². The molecule has 7 heteroatoms. The van der Waals surface area contributed by atoms with Gasteiger partial charge in [-0.2, -0.15) is 0 Å². The van der Waals surface area contributed by atoms with Crippen LogP contribution in [0, 0.1) is 6.92 Å². The van der Waals surface area contributed by atoms with E-state index in [1.807, 2.05) is 25.9 Å². The van der Waals surface area contributed by atoms with E-state index in [0.717, 1.165) is 18.5 Å². The third-order valence-corrected chi connectivity index (χ3v) is 3.72. The molecular weight excluding hydrogens is 318 g/mol. The van der Waals surface area contributed by atoms with Crippen molar-refractivity contribution in [3.63, 3.8) is 0 Å². The number of nitrogens with one attached hydrogen (secondary N) is 2. The zero-order chi connectivity index (χ0) is 17.4. The number of anilines is 1. The van der Waals surface area contributed by atoms with Crippen molar-refractivity contribution in [1.29, 1.82) is 0 Å². The lowest BCUT2D eigenvalue weighted by Crippen LogP contribution is -2.40. The van der Waals surface area contributed by atoms with E-state index in [1.54, 1.807) is 18.2 Å². The van der Waals surface area contributed by atoms with Crippen LogP contribution in [-0.4, -0.2) is 55.1 Å². The molecule has 0 unspecified atom stereocenters. The fourth-order valence-corrected chi connectivity index (χ4v) is 2.17. The zero-order valence-electron chi connectivity index (χ0n) is 13.7. The summed E-state index contributed by atoms with van der Waals surface area (Å²) < 4.78 is 0. The molecule has 0 spiro atoms. The van der Waals surface area contributed by atoms with Gasteiger partial charge in [-0.3, -0.25) is 9.59 Å². The number of nitrogens with zero attached hydrogens (tertiary/aromatic N) is 1. The van der Waals surface area contributed by atoms with E-state index in [2.05, 4.69) is 10.6 Å². The van der Waals surface area contributed by atoms with Gasteiger partial charge >= 0.3 is 5.97 Å². The second-order valence-electron chi connectivity index (χ2n) is 5.72. The first-order valence-electron chi connectivity index (χ1n) is 7.46. The van der Waals surface area contributed by atoms with Crippen LogP contribution in [0.4, 0.5) is 5.69 Å². The summed E-state index contributed by atoms with van der Waals surface area (Å²) in [5.74, 6) is -1.40. The predicted octanol–water partition coefficient (Wildman–Crippen LogP) is 1.97. The fraction of sp³-hybridized carbons (Fsp3) is 0.500. The minimum Gasteiger partial charge on any atom is -0.480 e. The molecule has 0 aliphatic rings. The molecule has 0 radical (unpaired) electrons. The Kier molecular flexibility index (Phi) is 8.02. The molecule has 3 N–H and O–H groups in total. The van der Waals surface area contributed by atoms with Crippen molar-refractivity contribution >= 4 is 29.2 Å². The van der Waals surface area contributed by atoms with Gasteiger partial charge in [0.2, 0.25) is 5.91 Å². The van der Waals surface area contributed by atoms with Gasteiger partial charge in [-0.15, -0.1) is 0 Å². The average Bonchev–Trinajstić information content (AvgIpc) is 2.45. The zero-order valence-corrected chi connectivity index (χ0v) is 14.5. The number of hydrogen-bond donors (Lipinski definition) is 3. The summed E-state index contributed by atoms with van der Waals surface area (Å²) in [5.41, 5.74) is 1.47. The van der Waals surface area contributed by atoms with Crippen molar-refractivity contribution in [3.8, 4) is 0 Å². The maximum Gasteiger partial charge on any atom is 0.321 e. The van der Waals surface area contributed by atoms with Crippen LogP contribution in [-0.2, 0) is 9.59 Å². The Morgan fingerprint density at radius 2 is 2.04 bits per heavy atom. The molecule has 0 aliphatic heterocycles. The van der Waals surface area contributed by atoms with Gasteiger partial charge < -0.3 is 20.6 Å². The van der Waals surface area contributed by atoms with Crippen LogP contribution in [0.5, 0.6) is 0 Å². The molecule has 128 valence electrons. The van der Waals surface area contributed by atoms with Crippen LogP contribution in [0.25, 0.3) is 0 Å². The van der Waals surface area contributed by atoms with Crippen LogP contribution >= 0.6 is 11.6 Å². The van der Waals surface area contributed by atoms with Crippen molar-refractivity contribution < 1.29 is 14.7 Å². The largest absolute Gasteiger partial charge is 0.480 e. The quantitative estimate of drug-likeness (QED) is 0.598. The number of rotatable bonds is 9. The van der Waals surface area contributed by atoms with E-state index in [1.165, 1.54) is 0 Å². The molecule has 1 rings (SSSR count). The molecule has 23 heavy (non-hydrogen) atoms. The molecule has 0 aromatic heterocycles. The topological polar surface area (TPSA) is 81.7 Å². The molecule has 1 amide bonds. The number of aliphatic carboxylic acids is 1. The number of carboxylic acids is 1. The van der Waals surface area contributed by atoms with E-state index in [-0.39, 0.29) is 12.3 Å². The number of hydrogen-bond acceptors (Lipinski definition) is 4. The standard InChI is InChI=1S/C16H24ClN3O3/c1-11-5-6-12(9-13(11)17)19-15(21)10-14(16(22)23)18-7-4-8-20(2)3/h5-6,9,14,18H,4,7-8,10H2,1-3H3,(H,19,21)(H,22,23)/t14-/m0/s1. The lowest BCUT2D eigenvalue weighted by atomic mass is 10.1. The molecule has 1 aromatic carbocycles. The number of benzene rings is 1. The average molecular weight is 342 g/mol. The van der Waals surface area contributed by atoms with Gasteiger partial charge in [0.1, 0.15) is 6.04 Å². The van der Waals surface area contributed by atoms with Crippen molar-refractivity contribution in [3.05, 3.63) is 28.8 Å². The summed E-state index contributed by atoms with van der Waals surface area (Å²) in [6, 6.07) is 4.28. The maximum absolute atomic E-state index is 12.0. The van der Waals surface area contributed by atoms with Crippen LogP contribution in [0.15, 0.2) is 18.2 Å². The minimum absolute atomic E-state index is 0.136. The minimum atomic E-state index is -1.04. The Hall–Kier alpha value is -1.63. The fourth-order valence-electron chi connectivity index (χ4n) is 1.99. The van der Waals surface area contributed by atoms with Gasteiger partial charge in [0, 0.05) is 10.7 Å². The van der Waals surface area contributed by atoms with E-state index < -0.39 is 12.0 Å². The molecule has 1 aromatic rings. The summed E-state index contributed by atoms with van der Waals surface area (Å²) in [6.45, 7) is 3.26. The second-order valence-corrected chi connectivity index (χ2v) is 6.13. The first kappa shape index (κ1) is 19.4. The summed E-state index contributed by atoms with van der Waals surface area (Å²) in [6.07, 6.45) is 0.675. The third kappa shape index (κ3) is 7.45. The van der Waals surface area contributed by atoms with Gasteiger partial charge in [0.15, 0.2) is 0 Å². The Morgan fingerprint density at radius 3 is 2.61 bits per heavy atom. The van der Waals surface area contributed by atoms with Crippen molar-refractivity contribution in [1.82, 2.24) is 10.2 Å². The Morgan fingerprint density at radius 1 is 1.35 bits per heavy atom. The normalized spacial score (nSPS) is 12.2. The highest BCUT2D eigenvalue weighted by atomic mass is 35.5. The lowest BCUT2D eigenvalue weighted by molar-refractivity contribution is -0.141. The molecule has 0 heterocycles. The van der Waals surface area contributed by atoms with E-state index in [9.17, 15) is 14.7 Å². The molecular formula is C16H24ClN3O3. The predicted molar refractivity (Wildman–Crippen MR) is 92.0 cm³/mol. The number of carboxylic acid groups (broad SMARTS) is 1. The van der Waals surface area contributed by atoms with E-state index >= 15 is 0 Å². The monoisotopic (exact) mass is 341 g/mol. The molecule has 0 bridgehead atoms. The number of aryl methyl sites for hydroxylation is 1. The highest BCUT2D eigenvalue weighted by molar-refractivity contribution is 6.31. The molecule has 0 saturated carbocycles. The van der Waals surface area contributed by atoms with Crippen LogP contribution in [0.1, 0.15) is 18.4 Å². The Labute approximate surface area is 141 Å². The van der Waals surface area contributed by atoms with Gasteiger partial charge in [-0.1, -0.05) is 17.7 Å². The van der Waals surface area contributed by atoms with Gasteiger partial charge in [-0.25, -0.2) is 0 Å². The third-order valence-electron chi connectivity index (χ3n) is 3.32. The number of halogens is 1. The van der Waals surface area contributed by atoms with Crippen molar-refractivity contribution in [2.24, 2.45) is 0 Å². The summed E-state index contributed by atoms with van der Waals surface area (Å²) in [5, 5.41) is 15.3. The summed E-state index contributed by atoms with van der Waals surface area (Å²) >= 11 is 6.00. The Balaban J connectivity index is 2.50. The molecule has 0 aliphatic carbocycles. The molecule has 1 atom stereocenters. The van der Waals surface area contributed by atoms with Gasteiger partial charge in [0.05, 0.1) is 6.42 Å². The second kappa shape index (κ2) is 9.50. The summed E-state index contributed by atoms with van der Waals surface area (Å²) in [4.78, 5) is 25.3. The summed E-state index contributed by atoms with van der Waals surface area (Å²) in [7, 11) is 3.91. The van der Waals surface area contributed by atoms with Crippen LogP contribution < -0.4 is 10.6 Å². The van der Waals surface area contributed by atoms with Crippen molar-refractivity contribution in [2.75, 3.05) is 32.5 Å². The highest BCUT2D eigenvalue weighted by Gasteiger charge is 2.20. The highest BCUT2D eigenvalue weighted by Crippen LogP contribution is 2.20. The van der Waals surface area contributed by atoms with E-state index in [4.69, 9.17) is 11.6 Å². The molecule has 6 nitrogen and oxygen atoms in total. The Bertz CT molecular complexity index is 549. The molecule has 0 fully saturated rings. The van der Waals surface area contributed by atoms with Crippen LogP contribution in [0.2, 0.25) is 5.02 Å². The van der Waals surface area contributed by atoms with Gasteiger partial charge in [0.25, 0.3) is 0 Å². The number of amides is 1. The maximum atomic E-state index is 12.0. The smallest absolute Gasteiger partial charge is 0.321 e. The SMILES string of the molecule is Cc1ccc(NC(=O)C[C@H](NCCCN(C)C)C(=O)O)cc1Cl. The first-order valence-corrected chi connectivity index (χ1v) is 7.84. The van der Waals surface area contributed by atoms with E-state index in [0.29, 0.717) is 17.3 Å². The molecule has 0 saturated heterocycles. The van der Waals surface area contributed by atoms with Gasteiger partial charge in [-0.05, 0) is 58.2 Å². The first-order chi connectivity index (χ1) is 10.8.